The Labute approximate surface area is 149 Å². The number of hydrogen-bond acceptors (Lipinski definition) is 6. The van der Waals surface area contributed by atoms with Crippen LogP contribution in [0.2, 0.25) is 0 Å². The Kier molecular flexibility index (Phi) is 8.45. The minimum atomic E-state index is -0.632. The molecule has 0 radical (unpaired) electrons. The van der Waals surface area contributed by atoms with Gasteiger partial charge in [-0.2, -0.15) is 0 Å². The van der Waals surface area contributed by atoms with E-state index < -0.39 is 12.1 Å². The molecule has 0 spiro atoms. The van der Waals surface area contributed by atoms with Crippen LogP contribution in [0.4, 0.5) is 0 Å². The first-order valence-electron chi connectivity index (χ1n) is 8.34. The van der Waals surface area contributed by atoms with Crippen LogP contribution in [-0.2, 0) is 9.53 Å². The van der Waals surface area contributed by atoms with Crippen LogP contribution in [0.1, 0.15) is 33.3 Å². The first-order chi connectivity index (χ1) is 11.7. The average molecular weight is 351 g/mol. The summed E-state index contributed by atoms with van der Waals surface area (Å²) in [5, 5.41) is 13.2. The molecule has 0 bridgehead atoms. The fraction of sp³-hybridized carbons (Fsp3) is 0.526. The molecule has 0 aliphatic carbocycles. The predicted octanol–water partition coefficient (Wildman–Crippen LogP) is 2.40. The van der Waals surface area contributed by atoms with Crippen molar-refractivity contribution in [3.05, 3.63) is 29.8 Å². The summed E-state index contributed by atoms with van der Waals surface area (Å²) in [4.78, 5) is 11.3. The van der Waals surface area contributed by atoms with E-state index in [2.05, 4.69) is 5.32 Å². The van der Waals surface area contributed by atoms with E-state index in [0.29, 0.717) is 24.7 Å². The Hall–Kier alpha value is -2.05. The second kappa shape index (κ2) is 10.1. The number of aliphatic hydroxyl groups is 1. The van der Waals surface area contributed by atoms with Crippen molar-refractivity contribution in [3.8, 4) is 11.5 Å². The van der Waals surface area contributed by atoms with Gasteiger partial charge in [-0.1, -0.05) is 6.07 Å². The summed E-state index contributed by atoms with van der Waals surface area (Å²) in [6.07, 6.45) is 2.37. The fourth-order valence-electron chi connectivity index (χ4n) is 1.93. The molecule has 1 atom stereocenters. The number of hydrogen-bond donors (Lipinski definition) is 2. The van der Waals surface area contributed by atoms with Crippen LogP contribution in [0, 0.1) is 0 Å². The number of β-amino-alcohol motifs (C(OH)–C–C–N with tert-alkyl or cyclic N) is 1. The van der Waals surface area contributed by atoms with E-state index in [9.17, 15) is 9.90 Å². The van der Waals surface area contributed by atoms with Gasteiger partial charge in [-0.25, -0.2) is 4.79 Å². The van der Waals surface area contributed by atoms with Crippen molar-refractivity contribution >= 4 is 12.0 Å². The van der Waals surface area contributed by atoms with E-state index in [1.54, 1.807) is 38.3 Å². The van der Waals surface area contributed by atoms with E-state index in [1.165, 1.54) is 6.08 Å². The third kappa shape index (κ3) is 8.56. The van der Waals surface area contributed by atoms with Gasteiger partial charge in [-0.05, 0) is 51.5 Å². The van der Waals surface area contributed by atoms with Crippen LogP contribution in [-0.4, -0.2) is 49.6 Å². The second-order valence-electron chi connectivity index (χ2n) is 6.59. The number of aliphatic hydroxyl groups excluding tert-OH is 1. The molecule has 0 aliphatic rings. The summed E-state index contributed by atoms with van der Waals surface area (Å²) < 4.78 is 15.8. The molecule has 0 heterocycles. The van der Waals surface area contributed by atoms with Gasteiger partial charge in [0.05, 0.1) is 13.7 Å². The molecule has 6 nitrogen and oxygen atoms in total. The number of nitrogens with one attached hydrogen (secondary N) is 1. The number of carbonyl (C=O) groups excluding carboxylic acids is 1. The monoisotopic (exact) mass is 351 g/mol. The molecule has 0 aliphatic heterocycles. The second-order valence-corrected chi connectivity index (χ2v) is 6.59. The normalized spacial score (nSPS) is 12.9. The molecule has 1 aromatic rings. The number of ether oxygens (including phenoxy) is 3. The van der Waals surface area contributed by atoms with Crippen molar-refractivity contribution < 1.29 is 24.1 Å². The van der Waals surface area contributed by atoms with E-state index in [-0.39, 0.29) is 12.1 Å². The van der Waals surface area contributed by atoms with E-state index in [0.717, 1.165) is 5.56 Å². The first-order valence-corrected chi connectivity index (χ1v) is 8.34. The summed E-state index contributed by atoms with van der Waals surface area (Å²) in [5.74, 6) is 0.670. The van der Waals surface area contributed by atoms with Gasteiger partial charge in [0.2, 0.25) is 0 Å². The molecular formula is C19H29NO5. The maximum atomic E-state index is 11.3. The van der Waals surface area contributed by atoms with E-state index in [1.807, 2.05) is 20.8 Å². The zero-order valence-electron chi connectivity index (χ0n) is 15.7. The van der Waals surface area contributed by atoms with E-state index in [4.69, 9.17) is 14.2 Å². The number of benzene rings is 1. The third-order valence-electron chi connectivity index (χ3n) is 3.19. The van der Waals surface area contributed by atoms with Crippen molar-refractivity contribution in [1.82, 2.24) is 5.32 Å². The maximum absolute atomic E-state index is 11.3. The molecule has 6 heteroatoms. The summed E-state index contributed by atoms with van der Waals surface area (Å²) in [5.41, 5.74) is 0.721. The Morgan fingerprint density at radius 3 is 2.64 bits per heavy atom. The standard InChI is InChI=1S/C19H29NO5/c1-6-24-18(22)10-8-14-7-9-16(17(11-14)23-5)25-13-15(21)12-20-19(2,3)4/h7-11,15,20-21H,6,12-13H2,1-5H3/b10-8+. The van der Waals surface area contributed by atoms with Crippen LogP contribution in [0.3, 0.4) is 0 Å². The Morgan fingerprint density at radius 2 is 2.04 bits per heavy atom. The molecular weight excluding hydrogens is 322 g/mol. The van der Waals surface area contributed by atoms with Crippen LogP contribution in [0.25, 0.3) is 6.08 Å². The molecule has 25 heavy (non-hydrogen) atoms. The molecule has 0 saturated heterocycles. The third-order valence-corrected chi connectivity index (χ3v) is 3.19. The molecule has 1 aromatic carbocycles. The summed E-state index contributed by atoms with van der Waals surface area (Å²) >= 11 is 0. The topological polar surface area (TPSA) is 77.0 Å². The van der Waals surface area contributed by atoms with Crippen molar-refractivity contribution in [3.63, 3.8) is 0 Å². The lowest BCUT2D eigenvalue weighted by molar-refractivity contribution is -0.137. The van der Waals surface area contributed by atoms with Crippen molar-refractivity contribution in [2.45, 2.75) is 39.3 Å². The molecule has 1 rings (SSSR count). The van der Waals surface area contributed by atoms with Crippen LogP contribution < -0.4 is 14.8 Å². The lowest BCUT2D eigenvalue weighted by atomic mass is 10.1. The largest absolute Gasteiger partial charge is 0.493 e. The fourth-order valence-corrected chi connectivity index (χ4v) is 1.93. The molecule has 2 N–H and O–H groups in total. The smallest absolute Gasteiger partial charge is 0.330 e. The highest BCUT2D eigenvalue weighted by molar-refractivity contribution is 5.87. The molecule has 140 valence electrons. The minimum Gasteiger partial charge on any atom is -0.493 e. The number of methoxy groups -OCH3 is 1. The summed E-state index contributed by atoms with van der Waals surface area (Å²) in [6.45, 7) is 8.78. The first kappa shape index (κ1) is 21.0. The Bertz CT molecular complexity index is 578. The minimum absolute atomic E-state index is 0.0639. The van der Waals surface area contributed by atoms with Crippen molar-refractivity contribution in [2.75, 3.05) is 26.9 Å². The average Bonchev–Trinajstić information content (AvgIpc) is 2.56. The molecule has 0 saturated carbocycles. The molecule has 0 aromatic heterocycles. The van der Waals surface area contributed by atoms with Crippen molar-refractivity contribution in [2.24, 2.45) is 0 Å². The van der Waals surface area contributed by atoms with Crippen LogP contribution >= 0.6 is 0 Å². The summed E-state index contributed by atoms with van der Waals surface area (Å²) in [6, 6.07) is 5.30. The molecule has 0 fully saturated rings. The molecule has 0 amide bonds. The quantitative estimate of drug-likeness (QED) is 0.525. The lowest BCUT2D eigenvalue weighted by Gasteiger charge is -2.23. The number of esters is 1. The maximum Gasteiger partial charge on any atom is 0.330 e. The van der Waals surface area contributed by atoms with Gasteiger partial charge in [0, 0.05) is 18.2 Å². The zero-order valence-corrected chi connectivity index (χ0v) is 15.7. The van der Waals surface area contributed by atoms with Crippen LogP contribution in [0.15, 0.2) is 24.3 Å². The zero-order chi connectivity index (χ0) is 18.9. The SMILES string of the molecule is CCOC(=O)/C=C/c1ccc(OCC(O)CNC(C)(C)C)c(OC)c1. The van der Waals surface area contributed by atoms with Gasteiger partial charge in [-0.15, -0.1) is 0 Å². The lowest BCUT2D eigenvalue weighted by Crippen LogP contribution is -2.42. The predicted molar refractivity (Wildman–Crippen MR) is 97.9 cm³/mol. The Morgan fingerprint density at radius 1 is 1.32 bits per heavy atom. The highest BCUT2D eigenvalue weighted by Crippen LogP contribution is 2.28. The van der Waals surface area contributed by atoms with Gasteiger partial charge >= 0.3 is 5.97 Å². The highest BCUT2D eigenvalue weighted by Gasteiger charge is 2.13. The highest BCUT2D eigenvalue weighted by atomic mass is 16.5. The Balaban J connectivity index is 2.64. The van der Waals surface area contributed by atoms with Crippen LogP contribution in [0.5, 0.6) is 11.5 Å². The number of rotatable bonds is 9. The van der Waals surface area contributed by atoms with E-state index >= 15 is 0 Å². The van der Waals surface area contributed by atoms with Crippen molar-refractivity contribution in [1.29, 1.82) is 0 Å². The van der Waals surface area contributed by atoms with Gasteiger partial charge in [0.1, 0.15) is 12.7 Å². The van der Waals surface area contributed by atoms with Gasteiger partial charge in [0.25, 0.3) is 0 Å². The van der Waals surface area contributed by atoms with Gasteiger partial charge in [-0.3, -0.25) is 0 Å². The summed E-state index contributed by atoms with van der Waals surface area (Å²) in [7, 11) is 1.54. The number of carbonyl (C=O) groups is 1. The molecule has 1 unspecified atom stereocenters. The van der Waals surface area contributed by atoms with Gasteiger partial charge < -0.3 is 24.6 Å². The van der Waals surface area contributed by atoms with Gasteiger partial charge in [0.15, 0.2) is 11.5 Å².